The molecule has 8 heteroatoms. The summed E-state index contributed by atoms with van der Waals surface area (Å²) in [6.07, 6.45) is 3.14. The molecule has 3 N–H and O–H groups in total. The van der Waals surface area contributed by atoms with E-state index in [-0.39, 0.29) is 30.0 Å². The molecule has 0 spiro atoms. The molecule has 1 aliphatic heterocycles. The van der Waals surface area contributed by atoms with Crippen LogP contribution in [-0.4, -0.2) is 32.7 Å². The first-order valence-electron chi connectivity index (χ1n) is 8.54. The second kappa shape index (κ2) is 9.99. The average Bonchev–Trinajstić information content (AvgIpc) is 2.54. The highest BCUT2D eigenvalue weighted by Crippen LogP contribution is 2.20. The van der Waals surface area contributed by atoms with Gasteiger partial charge in [-0.3, -0.25) is 9.52 Å². The van der Waals surface area contributed by atoms with Gasteiger partial charge in [-0.25, -0.2) is 8.42 Å². The number of hydrogen-bond acceptors (Lipinski definition) is 4. The van der Waals surface area contributed by atoms with E-state index in [0.717, 1.165) is 25.8 Å². The van der Waals surface area contributed by atoms with Crippen molar-refractivity contribution in [2.45, 2.75) is 45.6 Å². The SMILES string of the molecule is CCCCS(=O)(=O)Nc1ccc(NC(=O)[C@H]2CCN[C@@H](C)C2)cc1.Cl. The third-order valence-electron chi connectivity index (χ3n) is 4.19. The molecule has 0 aromatic heterocycles. The molecule has 0 saturated carbocycles. The van der Waals surface area contributed by atoms with E-state index in [1.165, 1.54) is 0 Å². The number of rotatable bonds is 7. The summed E-state index contributed by atoms with van der Waals surface area (Å²) in [5.74, 6) is 0.170. The Balaban J connectivity index is 0.00000312. The maximum Gasteiger partial charge on any atom is 0.232 e. The van der Waals surface area contributed by atoms with Gasteiger partial charge in [0, 0.05) is 23.3 Å². The predicted molar refractivity (Wildman–Crippen MR) is 105 cm³/mol. The third kappa shape index (κ3) is 7.22. The highest BCUT2D eigenvalue weighted by molar-refractivity contribution is 7.92. The van der Waals surface area contributed by atoms with E-state index in [1.807, 2.05) is 6.92 Å². The molecule has 1 aliphatic rings. The Hall–Kier alpha value is -1.31. The number of sulfonamides is 1. The number of piperidine rings is 1. The van der Waals surface area contributed by atoms with Gasteiger partial charge in [0.05, 0.1) is 5.75 Å². The minimum atomic E-state index is -3.30. The molecular weight excluding hydrogens is 362 g/mol. The molecule has 1 amide bonds. The van der Waals surface area contributed by atoms with Crippen molar-refractivity contribution in [1.29, 1.82) is 0 Å². The van der Waals surface area contributed by atoms with E-state index in [4.69, 9.17) is 0 Å². The van der Waals surface area contributed by atoms with E-state index in [0.29, 0.717) is 23.8 Å². The Morgan fingerprint density at radius 1 is 1.24 bits per heavy atom. The zero-order chi connectivity index (χ0) is 17.6. The Morgan fingerprint density at radius 3 is 2.48 bits per heavy atom. The van der Waals surface area contributed by atoms with Crippen LogP contribution in [0.25, 0.3) is 0 Å². The highest BCUT2D eigenvalue weighted by atomic mass is 35.5. The topological polar surface area (TPSA) is 87.3 Å². The number of benzene rings is 1. The van der Waals surface area contributed by atoms with Gasteiger partial charge in [-0.05, 0) is 57.0 Å². The van der Waals surface area contributed by atoms with E-state index >= 15 is 0 Å². The molecule has 6 nitrogen and oxygen atoms in total. The zero-order valence-electron chi connectivity index (χ0n) is 14.7. The number of halogens is 1. The second-order valence-corrected chi connectivity index (χ2v) is 8.26. The molecule has 0 radical (unpaired) electrons. The maximum atomic E-state index is 12.3. The Morgan fingerprint density at radius 2 is 1.88 bits per heavy atom. The van der Waals surface area contributed by atoms with Crippen LogP contribution in [0.3, 0.4) is 0 Å². The van der Waals surface area contributed by atoms with Gasteiger partial charge in [0.1, 0.15) is 0 Å². The summed E-state index contributed by atoms with van der Waals surface area (Å²) in [6, 6.07) is 7.14. The van der Waals surface area contributed by atoms with E-state index in [9.17, 15) is 13.2 Å². The van der Waals surface area contributed by atoms with Crippen molar-refractivity contribution in [3.63, 3.8) is 0 Å². The lowest BCUT2D eigenvalue weighted by molar-refractivity contribution is -0.120. The summed E-state index contributed by atoms with van der Waals surface area (Å²) in [7, 11) is -3.30. The number of carbonyl (C=O) groups excluding carboxylic acids is 1. The van der Waals surface area contributed by atoms with E-state index in [1.54, 1.807) is 24.3 Å². The van der Waals surface area contributed by atoms with Crippen molar-refractivity contribution in [1.82, 2.24) is 5.32 Å². The van der Waals surface area contributed by atoms with E-state index < -0.39 is 10.0 Å². The molecule has 1 aromatic rings. The Bertz CT molecular complexity index is 650. The lowest BCUT2D eigenvalue weighted by Crippen LogP contribution is -2.40. The van der Waals surface area contributed by atoms with Crippen LogP contribution in [0.15, 0.2) is 24.3 Å². The van der Waals surface area contributed by atoms with Crippen LogP contribution in [0.4, 0.5) is 11.4 Å². The number of anilines is 2. The first-order chi connectivity index (χ1) is 11.4. The normalized spacial score (nSPS) is 20.4. The fourth-order valence-electron chi connectivity index (χ4n) is 2.80. The number of unbranched alkanes of at least 4 members (excludes halogenated alkanes) is 1. The fourth-order valence-corrected chi connectivity index (χ4v) is 4.07. The van der Waals surface area contributed by atoms with Gasteiger partial charge < -0.3 is 10.6 Å². The van der Waals surface area contributed by atoms with Crippen molar-refractivity contribution in [2.75, 3.05) is 22.3 Å². The van der Waals surface area contributed by atoms with Gasteiger partial charge in [-0.1, -0.05) is 13.3 Å². The molecule has 1 aromatic carbocycles. The molecule has 0 aliphatic carbocycles. The van der Waals surface area contributed by atoms with Crippen molar-refractivity contribution in [2.24, 2.45) is 5.92 Å². The summed E-state index contributed by atoms with van der Waals surface area (Å²) in [5.41, 5.74) is 1.20. The summed E-state index contributed by atoms with van der Waals surface area (Å²) >= 11 is 0. The third-order valence-corrected chi connectivity index (χ3v) is 5.56. The second-order valence-electron chi connectivity index (χ2n) is 6.42. The van der Waals surface area contributed by atoms with Crippen molar-refractivity contribution in [3.8, 4) is 0 Å². The summed E-state index contributed by atoms with van der Waals surface area (Å²) < 4.78 is 26.3. The number of nitrogens with one attached hydrogen (secondary N) is 3. The summed E-state index contributed by atoms with van der Waals surface area (Å²) in [5, 5.41) is 6.24. The van der Waals surface area contributed by atoms with Gasteiger partial charge in [0.2, 0.25) is 15.9 Å². The number of hydrogen-bond donors (Lipinski definition) is 3. The monoisotopic (exact) mass is 389 g/mol. The van der Waals surface area contributed by atoms with Crippen LogP contribution in [0, 0.1) is 5.92 Å². The number of carbonyl (C=O) groups is 1. The predicted octanol–water partition coefficient (Wildman–Crippen LogP) is 2.98. The van der Waals surface area contributed by atoms with Crippen LogP contribution in [0.1, 0.15) is 39.5 Å². The molecule has 2 atom stereocenters. The standard InChI is InChI=1S/C17H27N3O3S.ClH/c1-3-4-11-24(22,23)20-16-7-5-15(6-8-16)19-17(21)14-9-10-18-13(2)12-14;/h5-8,13-14,18,20H,3-4,9-12H2,1-2H3,(H,19,21);1H/t13-,14-;/m0./s1. The quantitative estimate of drug-likeness (QED) is 0.669. The van der Waals surface area contributed by atoms with E-state index in [2.05, 4.69) is 22.3 Å². The van der Waals surface area contributed by atoms with Crippen LogP contribution in [-0.2, 0) is 14.8 Å². The lowest BCUT2D eigenvalue weighted by atomic mass is 9.92. The minimum absolute atomic E-state index is 0. The highest BCUT2D eigenvalue weighted by Gasteiger charge is 2.24. The van der Waals surface area contributed by atoms with Gasteiger partial charge in [0.25, 0.3) is 0 Å². The first kappa shape index (κ1) is 21.7. The molecule has 1 saturated heterocycles. The van der Waals surface area contributed by atoms with Crippen LogP contribution >= 0.6 is 12.4 Å². The van der Waals surface area contributed by atoms with Crippen LogP contribution < -0.4 is 15.4 Å². The van der Waals surface area contributed by atoms with Crippen LogP contribution in [0.5, 0.6) is 0 Å². The van der Waals surface area contributed by atoms with Crippen molar-refractivity contribution >= 4 is 39.7 Å². The smallest absolute Gasteiger partial charge is 0.232 e. The molecule has 2 rings (SSSR count). The zero-order valence-corrected chi connectivity index (χ0v) is 16.4. The first-order valence-corrected chi connectivity index (χ1v) is 10.2. The van der Waals surface area contributed by atoms with Gasteiger partial charge >= 0.3 is 0 Å². The average molecular weight is 390 g/mol. The molecule has 1 heterocycles. The molecular formula is C17H28ClN3O3S. The van der Waals surface area contributed by atoms with Crippen LogP contribution in [0.2, 0.25) is 0 Å². The Labute approximate surface area is 156 Å². The fraction of sp³-hybridized carbons (Fsp3) is 0.588. The molecule has 25 heavy (non-hydrogen) atoms. The van der Waals surface area contributed by atoms with Crippen molar-refractivity contribution < 1.29 is 13.2 Å². The number of amides is 1. The van der Waals surface area contributed by atoms with Gasteiger partial charge in [-0.15, -0.1) is 12.4 Å². The molecule has 0 unspecified atom stereocenters. The van der Waals surface area contributed by atoms with Gasteiger partial charge in [0.15, 0.2) is 0 Å². The minimum Gasteiger partial charge on any atom is -0.326 e. The molecule has 142 valence electrons. The summed E-state index contributed by atoms with van der Waals surface area (Å²) in [4.78, 5) is 12.3. The summed E-state index contributed by atoms with van der Waals surface area (Å²) in [6.45, 7) is 4.90. The van der Waals surface area contributed by atoms with Gasteiger partial charge in [-0.2, -0.15) is 0 Å². The molecule has 0 bridgehead atoms. The largest absolute Gasteiger partial charge is 0.326 e. The molecule has 1 fully saturated rings. The Kier molecular flexibility index (Phi) is 8.68. The maximum absolute atomic E-state index is 12.3. The lowest BCUT2D eigenvalue weighted by Gasteiger charge is -2.27. The van der Waals surface area contributed by atoms with Crippen molar-refractivity contribution in [3.05, 3.63) is 24.3 Å².